The average Bonchev–Trinajstić information content (AvgIpc) is 3.29. The number of amides is 1. The van der Waals surface area contributed by atoms with Crippen LogP contribution in [0.25, 0.3) is 5.82 Å². The van der Waals surface area contributed by atoms with E-state index in [1.165, 1.54) is 40.7 Å². The molecule has 3 aromatic rings. The lowest BCUT2D eigenvalue weighted by Gasteiger charge is -2.34. The summed E-state index contributed by atoms with van der Waals surface area (Å²) in [6.45, 7) is 0.578. The summed E-state index contributed by atoms with van der Waals surface area (Å²) in [7, 11) is 0. The highest BCUT2D eigenvalue weighted by Gasteiger charge is 2.37. The molecule has 1 saturated heterocycles. The Morgan fingerprint density at radius 1 is 1.20 bits per heavy atom. The molecule has 1 fully saturated rings. The first-order valence-corrected chi connectivity index (χ1v) is 9.31. The van der Waals surface area contributed by atoms with Crippen LogP contribution >= 0.6 is 0 Å². The quantitative estimate of drug-likeness (QED) is 0.702. The van der Waals surface area contributed by atoms with E-state index in [0.717, 1.165) is 6.07 Å². The molecule has 1 N–H and O–H groups in total. The van der Waals surface area contributed by atoms with Crippen LogP contribution in [0.4, 0.5) is 24.7 Å². The van der Waals surface area contributed by atoms with Gasteiger partial charge in [0.05, 0.1) is 23.4 Å². The van der Waals surface area contributed by atoms with E-state index < -0.39 is 17.7 Å². The zero-order valence-electron chi connectivity index (χ0n) is 15.8. The van der Waals surface area contributed by atoms with Gasteiger partial charge in [-0.2, -0.15) is 18.3 Å². The third-order valence-electron chi connectivity index (χ3n) is 4.85. The molecule has 1 aliphatic heterocycles. The number of pyridine rings is 2. The number of carbonyl (C=O) groups excluding carboxylic acids is 1. The average molecular weight is 417 g/mol. The van der Waals surface area contributed by atoms with Crippen molar-refractivity contribution in [2.45, 2.75) is 19.0 Å². The van der Waals surface area contributed by atoms with Gasteiger partial charge in [-0.25, -0.2) is 19.6 Å². The fraction of sp³-hybridized carbons (Fsp3) is 0.316. The number of alkyl halides is 3. The molecule has 4 heterocycles. The van der Waals surface area contributed by atoms with Crippen molar-refractivity contribution in [3.8, 4) is 5.82 Å². The van der Waals surface area contributed by atoms with E-state index in [1.54, 1.807) is 12.1 Å². The maximum atomic E-state index is 13.3. The SMILES string of the molecule is O=C(Nc1ccc(-n2cncn2)nc1)C1CCCN(c2ncccc2C(F)(F)F)C1. The number of carbonyl (C=O) groups is 1. The Labute approximate surface area is 169 Å². The lowest BCUT2D eigenvalue weighted by atomic mass is 9.96. The fourth-order valence-electron chi connectivity index (χ4n) is 3.42. The maximum absolute atomic E-state index is 13.3. The van der Waals surface area contributed by atoms with E-state index in [9.17, 15) is 18.0 Å². The molecule has 1 atom stereocenters. The van der Waals surface area contributed by atoms with Crippen molar-refractivity contribution in [2.24, 2.45) is 5.92 Å². The third-order valence-corrected chi connectivity index (χ3v) is 4.85. The van der Waals surface area contributed by atoms with Gasteiger partial charge >= 0.3 is 6.18 Å². The molecule has 11 heteroatoms. The summed E-state index contributed by atoms with van der Waals surface area (Å²) in [5.74, 6) is -0.318. The number of piperidine rings is 1. The topological polar surface area (TPSA) is 88.8 Å². The molecule has 0 radical (unpaired) electrons. The molecule has 1 unspecified atom stereocenters. The lowest BCUT2D eigenvalue weighted by Crippen LogP contribution is -2.42. The second kappa shape index (κ2) is 8.09. The summed E-state index contributed by atoms with van der Waals surface area (Å²) in [5.41, 5.74) is -0.297. The zero-order chi connectivity index (χ0) is 21.1. The number of halogens is 3. The number of hydrogen-bond donors (Lipinski definition) is 1. The van der Waals surface area contributed by atoms with Crippen LogP contribution in [0.5, 0.6) is 0 Å². The van der Waals surface area contributed by atoms with Gasteiger partial charge in [-0.3, -0.25) is 4.79 Å². The Balaban J connectivity index is 1.44. The van der Waals surface area contributed by atoms with Gasteiger partial charge in [0.2, 0.25) is 5.91 Å². The Kier molecular flexibility index (Phi) is 5.34. The molecule has 156 valence electrons. The zero-order valence-corrected chi connectivity index (χ0v) is 15.8. The maximum Gasteiger partial charge on any atom is 0.419 e. The summed E-state index contributed by atoms with van der Waals surface area (Å²) >= 11 is 0. The molecule has 8 nitrogen and oxygen atoms in total. The minimum atomic E-state index is -4.50. The molecule has 30 heavy (non-hydrogen) atoms. The highest BCUT2D eigenvalue weighted by molar-refractivity contribution is 5.93. The molecule has 0 aromatic carbocycles. The Morgan fingerprint density at radius 2 is 2.07 bits per heavy atom. The normalized spacial score (nSPS) is 17.0. The van der Waals surface area contributed by atoms with Crippen LogP contribution in [0.1, 0.15) is 18.4 Å². The van der Waals surface area contributed by atoms with Gasteiger partial charge in [0.25, 0.3) is 0 Å². The van der Waals surface area contributed by atoms with Crippen molar-refractivity contribution in [3.63, 3.8) is 0 Å². The molecule has 0 spiro atoms. The van der Waals surface area contributed by atoms with Gasteiger partial charge in [0.15, 0.2) is 5.82 Å². The minimum absolute atomic E-state index is 0.138. The predicted octanol–water partition coefficient (Wildman–Crippen LogP) is 2.93. The van der Waals surface area contributed by atoms with Crippen molar-refractivity contribution < 1.29 is 18.0 Å². The highest BCUT2D eigenvalue weighted by atomic mass is 19.4. The van der Waals surface area contributed by atoms with E-state index in [1.807, 2.05) is 0 Å². The van der Waals surface area contributed by atoms with Crippen molar-refractivity contribution >= 4 is 17.4 Å². The number of nitrogens with one attached hydrogen (secondary N) is 1. The largest absolute Gasteiger partial charge is 0.419 e. The number of rotatable bonds is 4. The van der Waals surface area contributed by atoms with Gasteiger partial charge in [-0.05, 0) is 37.1 Å². The molecular formula is C19H18F3N7O. The summed E-state index contributed by atoms with van der Waals surface area (Å²) < 4.78 is 41.4. The Hall–Kier alpha value is -3.50. The van der Waals surface area contributed by atoms with Crippen LogP contribution in [-0.4, -0.2) is 43.7 Å². The summed E-state index contributed by atoms with van der Waals surface area (Å²) in [5, 5.41) is 6.76. The smallest absolute Gasteiger partial charge is 0.355 e. The Morgan fingerprint density at radius 3 is 2.77 bits per heavy atom. The van der Waals surface area contributed by atoms with Crippen LogP contribution in [0.15, 0.2) is 49.3 Å². The van der Waals surface area contributed by atoms with Gasteiger partial charge in [-0.15, -0.1) is 0 Å². The molecule has 0 aliphatic carbocycles. The fourth-order valence-corrected chi connectivity index (χ4v) is 3.42. The van der Waals surface area contributed by atoms with Gasteiger partial charge < -0.3 is 10.2 Å². The number of aromatic nitrogens is 5. The van der Waals surface area contributed by atoms with E-state index in [4.69, 9.17) is 0 Å². The second-order valence-electron chi connectivity index (χ2n) is 6.89. The summed E-state index contributed by atoms with van der Waals surface area (Å²) in [4.78, 5) is 26.2. The first-order valence-electron chi connectivity index (χ1n) is 9.31. The van der Waals surface area contributed by atoms with E-state index in [-0.39, 0.29) is 18.3 Å². The van der Waals surface area contributed by atoms with Gasteiger partial charge in [-0.1, -0.05) is 0 Å². The number of nitrogens with zero attached hydrogens (tertiary/aromatic N) is 6. The van der Waals surface area contributed by atoms with Crippen molar-refractivity contribution in [1.29, 1.82) is 0 Å². The number of anilines is 2. The van der Waals surface area contributed by atoms with E-state index in [0.29, 0.717) is 30.9 Å². The molecular weight excluding hydrogens is 399 g/mol. The van der Waals surface area contributed by atoms with Crippen molar-refractivity contribution in [2.75, 3.05) is 23.3 Å². The predicted molar refractivity (Wildman–Crippen MR) is 102 cm³/mol. The molecule has 4 rings (SSSR count). The first-order chi connectivity index (χ1) is 14.4. The molecule has 0 bridgehead atoms. The van der Waals surface area contributed by atoms with Crippen LogP contribution in [0.2, 0.25) is 0 Å². The molecule has 3 aromatic heterocycles. The standard InChI is InChI=1S/C19H18F3N7O/c20-19(21,22)15-4-1-7-24-17(15)28-8-2-3-13(10-28)18(30)27-14-5-6-16(25-9-14)29-12-23-11-26-29/h1,4-7,9,11-13H,2-3,8,10H2,(H,27,30). The van der Waals surface area contributed by atoms with Gasteiger partial charge in [0, 0.05) is 19.3 Å². The molecule has 1 aliphatic rings. The monoisotopic (exact) mass is 417 g/mol. The van der Waals surface area contributed by atoms with Crippen LogP contribution < -0.4 is 10.2 Å². The Bertz CT molecular complexity index is 1010. The summed E-state index contributed by atoms with van der Waals surface area (Å²) in [6, 6.07) is 5.63. The minimum Gasteiger partial charge on any atom is -0.355 e. The summed E-state index contributed by atoms with van der Waals surface area (Å²) in [6.07, 6.45) is 2.39. The number of hydrogen-bond acceptors (Lipinski definition) is 6. The molecule has 1 amide bonds. The van der Waals surface area contributed by atoms with Crippen molar-refractivity contribution in [3.05, 3.63) is 54.9 Å². The third kappa shape index (κ3) is 4.24. The highest BCUT2D eigenvalue weighted by Crippen LogP contribution is 2.36. The van der Waals surface area contributed by atoms with Crippen LogP contribution in [0.3, 0.4) is 0 Å². The first kappa shape index (κ1) is 19.8. The van der Waals surface area contributed by atoms with Crippen molar-refractivity contribution in [1.82, 2.24) is 24.7 Å². The van der Waals surface area contributed by atoms with Crippen LogP contribution in [-0.2, 0) is 11.0 Å². The van der Waals surface area contributed by atoms with E-state index in [2.05, 4.69) is 25.4 Å². The van der Waals surface area contributed by atoms with Crippen LogP contribution in [0, 0.1) is 5.92 Å². The second-order valence-corrected chi connectivity index (χ2v) is 6.89. The molecule has 0 saturated carbocycles. The van der Waals surface area contributed by atoms with E-state index >= 15 is 0 Å². The van der Waals surface area contributed by atoms with Gasteiger partial charge in [0.1, 0.15) is 18.5 Å². The lowest BCUT2D eigenvalue weighted by molar-refractivity contribution is -0.137.